The molecule has 110 valence electrons. The van der Waals surface area contributed by atoms with Crippen molar-refractivity contribution in [2.45, 2.75) is 19.3 Å². The van der Waals surface area contributed by atoms with E-state index in [4.69, 9.17) is 19.9 Å². The molecular weight excluding hydrogens is 232 g/mol. The van der Waals surface area contributed by atoms with E-state index in [1.54, 1.807) is 7.11 Å². The van der Waals surface area contributed by atoms with Gasteiger partial charge in [-0.05, 0) is 33.0 Å². The van der Waals surface area contributed by atoms with Gasteiger partial charge in [0.2, 0.25) is 0 Å². The summed E-state index contributed by atoms with van der Waals surface area (Å²) in [4.78, 5) is 2.29. The number of hydrogen-bond acceptors (Lipinski definition) is 5. The van der Waals surface area contributed by atoms with Crippen LogP contribution in [0.5, 0.6) is 0 Å². The Bertz CT molecular complexity index is 159. The molecular formula is C13H30N2O3. The Morgan fingerprint density at radius 1 is 0.833 bits per heavy atom. The summed E-state index contributed by atoms with van der Waals surface area (Å²) in [5.41, 5.74) is 5.45. The first-order valence-corrected chi connectivity index (χ1v) is 6.84. The van der Waals surface area contributed by atoms with Crippen molar-refractivity contribution < 1.29 is 14.2 Å². The molecule has 0 fully saturated rings. The largest absolute Gasteiger partial charge is 0.382 e. The standard InChI is InChI=1S/C13H30N2O3/c1-15(7-5-3-4-6-14)8-9-17-12-13-18-11-10-16-2/h3-14H2,1-2H3. The van der Waals surface area contributed by atoms with Crippen LogP contribution in [0.2, 0.25) is 0 Å². The van der Waals surface area contributed by atoms with Gasteiger partial charge in [0.15, 0.2) is 0 Å². The molecule has 2 N–H and O–H groups in total. The zero-order valence-corrected chi connectivity index (χ0v) is 12.0. The highest BCUT2D eigenvalue weighted by Gasteiger charge is 1.98. The lowest BCUT2D eigenvalue weighted by molar-refractivity contribution is 0.0208. The van der Waals surface area contributed by atoms with Crippen LogP contribution in [0.15, 0.2) is 0 Å². The van der Waals surface area contributed by atoms with E-state index in [0.29, 0.717) is 26.4 Å². The van der Waals surface area contributed by atoms with Crippen molar-refractivity contribution >= 4 is 0 Å². The van der Waals surface area contributed by atoms with Gasteiger partial charge in [0.1, 0.15) is 0 Å². The molecule has 0 saturated heterocycles. The van der Waals surface area contributed by atoms with Crippen LogP contribution in [0.3, 0.4) is 0 Å². The Morgan fingerprint density at radius 3 is 2.17 bits per heavy atom. The number of nitrogens with zero attached hydrogens (tertiary/aromatic N) is 1. The van der Waals surface area contributed by atoms with Gasteiger partial charge < -0.3 is 24.8 Å². The van der Waals surface area contributed by atoms with E-state index in [9.17, 15) is 0 Å². The van der Waals surface area contributed by atoms with Gasteiger partial charge >= 0.3 is 0 Å². The van der Waals surface area contributed by atoms with Crippen LogP contribution in [0, 0.1) is 0 Å². The topological polar surface area (TPSA) is 57.0 Å². The monoisotopic (exact) mass is 262 g/mol. The van der Waals surface area contributed by atoms with Crippen molar-refractivity contribution in [2.75, 3.05) is 66.8 Å². The maximum Gasteiger partial charge on any atom is 0.0701 e. The predicted octanol–water partition coefficient (Wildman–Crippen LogP) is 0.727. The van der Waals surface area contributed by atoms with Gasteiger partial charge in [-0.15, -0.1) is 0 Å². The molecule has 0 aromatic rings. The van der Waals surface area contributed by atoms with Crippen LogP contribution < -0.4 is 5.73 Å². The molecule has 0 unspecified atom stereocenters. The Morgan fingerprint density at radius 2 is 1.50 bits per heavy atom. The minimum Gasteiger partial charge on any atom is -0.382 e. The molecule has 0 aliphatic carbocycles. The summed E-state index contributed by atoms with van der Waals surface area (Å²) in [6.07, 6.45) is 3.56. The Hall–Kier alpha value is -0.200. The van der Waals surface area contributed by atoms with Crippen LogP contribution in [0.4, 0.5) is 0 Å². The number of hydrogen-bond donors (Lipinski definition) is 1. The molecule has 0 aliphatic rings. The molecule has 0 saturated carbocycles. The minimum absolute atomic E-state index is 0.640. The summed E-state index contributed by atoms with van der Waals surface area (Å²) in [7, 11) is 3.80. The lowest BCUT2D eigenvalue weighted by atomic mass is 10.2. The first kappa shape index (κ1) is 17.8. The normalized spacial score (nSPS) is 11.3. The van der Waals surface area contributed by atoms with Gasteiger partial charge in [0.05, 0.1) is 33.0 Å². The van der Waals surface area contributed by atoms with Crippen molar-refractivity contribution in [1.29, 1.82) is 0 Å². The molecule has 0 heterocycles. The molecule has 5 heteroatoms. The van der Waals surface area contributed by atoms with E-state index >= 15 is 0 Å². The number of rotatable bonds is 14. The van der Waals surface area contributed by atoms with Crippen LogP contribution in [-0.2, 0) is 14.2 Å². The number of methoxy groups -OCH3 is 1. The third-order valence-electron chi connectivity index (χ3n) is 2.67. The molecule has 0 spiro atoms. The molecule has 0 aliphatic heterocycles. The van der Waals surface area contributed by atoms with Crippen molar-refractivity contribution in [1.82, 2.24) is 4.90 Å². The Kier molecular flexibility index (Phi) is 14.7. The molecule has 0 aromatic carbocycles. The first-order chi connectivity index (χ1) is 8.81. The van der Waals surface area contributed by atoms with Gasteiger partial charge in [-0.3, -0.25) is 0 Å². The second-order valence-corrected chi connectivity index (χ2v) is 4.37. The van der Waals surface area contributed by atoms with E-state index in [-0.39, 0.29) is 0 Å². The van der Waals surface area contributed by atoms with Gasteiger partial charge in [-0.1, -0.05) is 6.42 Å². The SMILES string of the molecule is COCCOCCOCCN(C)CCCCCN. The van der Waals surface area contributed by atoms with Gasteiger partial charge in [-0.2, -0.15) is 0 Å². The van der Waals surface area contributed by atoms with Crippen LogP contribution in [-0.4, -0.2) is 71.7 Å². The van der Waals surface area contributed by atoms with Gasteiger partial charge in [-0.25, -0.2) is 0 Å². The van der Waals surface area contributed by atoms with Crippen molar-refractivity contribution in [2.24, 2.45) is 5.73 Å². The van der Waals surface area contributed by atoms with Crippen molar-refractivity contribution in [3.05, 3.63) is 0 Å². The molecule has 0 aromatic heterocycles. The highest BCUT2D eigenvalue weighted by Crippen LogP contribution is 1.95. The number of likely N-dealkylation sites (N-methyl/N-ethyl adjacent to an activating group) is 1. The fraction of sp³-hybridized carbons (Fsp3) is 1.00. The molecule has 0 radical (unpaired) electrons. The van der Waals surface area contributed by atoms with E-state index in [2.05, 4.69) is 11.9 Å². The fourth-order valence-corrected chi connectivity index (χ4v) is 1.50. The predicted molar refractivity (Wildman–Crippen MR) is 73.9 cm³/mol. The van der Waals surface area contributed by atoms with Crippen molar-refractivity contribution in [3.63, 3.8) is 0 Å². The summed E-state index contributed by atoms with van der Waals surface area (Å²) in [6, 6.07) is 0. The highest BCUT2D eigenvalue weighted by atomic mass is 16.5. The molecule has 0 bridgehead atoms. The van der Waals surface area contributed by atoms with Gasteiger partial charge in [0.25, 0.3) is 0 Å². The molecule has 18 heavy (non-hydrogen) atoms. The average molecular weight is 262 g/mol. The quantitative estimate of drug-likeness (QED) is 0.468. The summed E-state index contributed by atoms with van der Waals surface area (Å²) < 4.78 is 15.7. The number of unbranched alkanes of at least 4 members (excludes halogenated alkanes) is 2. The third kappa shape index (κ3) is 13.9. The summed E-state index contributed by atoms with van der Waals surface area (Å²) in [6.45, 7) is 6.24. The zero-order valence-electron chi connectivity index (χ0n) is 12.0. The Labute approximate surface area is 112 Å². The first-order valence-electron chi connectivity index (χ1n) is 6.84. The second kappa shape index (κ2) is 14.9. The summed E-state index contributed by atoms with van der Waals surface area (Å²) >= 11 is 0. The fourth-order valence-electron chi connectivity index (χ4n) is 1.50. The maximum absolute atomic E-state index is 5.48. The third-order valence-corrected chi connectivity index (χ3v) is 2.67. The Balaban J connectivity index is 3.08. The minimum atomic E-state index is 0.640. The van der Waals surface area contributed by atoms with Crippen LogP contribution >= 0.6 is 0 Å². The second-order valence-electron chi connectivity index (χ2n) is 4.37. The zero-order chi connectivity index (χ0) is 13.5. The van der Waals surface area contributed by atoms with E-state index in [1.165, 1.54) is 12.8 Å². The molecule has 5 nitrogen and oxygen atoms in total. The number of ether oxygens (including phenoxy) is 3. The molecule has 0 rings (SSSR count). The van der Waals surface area contributed by atoms with Gasteiger partial charge in [0, 0.05) is 13.7 Å². The highest BCUT2D eigenvalue weighted by molar-refractivity contribution is 4.52. The summed E-state index contributed by atoms with van der Waals surface area (Å²) in [5, 5.41) is 0. The van der Waals surface area contributed by atoms with Crippen LogP contribution in [0.1, 0.15) is 19.3 Å². The van der Waals surface area contributed by atoms with Crippen LogP contribution in [0.25, 0.3) is 0 Å². The maximum atomic E-state index is 5.48. The number of nitrogens with two attached hydrogens (primary N) is 1. The average Bonchev–Trinajstić information content (AvgIpc) is 2.38. The lowest BCUT2D eigenvalue weighted by Crippen LogP contribution is -2.25. The molecule has 0 atom stereocenters. The smallest absolute Gasteiger partial charge is 0.0701 e. The van der Waals surface area contributed by atoms with E-state index in [1.807, 2.05) is 0 Å². The van der Waals surface area contributed by atoms with E-state index in [0.717, 1.165) is 32.7 Å². The van der Waals surface area contributed by atoms with Crippen molar-refractivity contribution in [3.8, 4) is 0 Å². The lowest BCUT2D eigenvalue weighted by Gasteiger charge is -2.16. The van der Waals surface area contributed by atoms with E-state index < -0.39 is 0 Å². The summed E-state index contributed by atoms with van der Waals surface area (Å²) in [5.74, 6) is 0. The molecule has 0 amide bonds.